The monoisotopic (exact) mass is 397 g/mol. The lowest BCUT2D eigenvalue weighted by Gasteiger charge is -2.10. The number of carbonyl (C=O) groups excluding carboxylic acids is 1. The summed E-state index contributed by atoms with van der Waals surface area (Å²) in [5.74, 6) is 0.193. The van der Waals surface area contributed by atoms with E-state index in [1.54, 1.807) is 18.2 Å². The van der Waals surface area contributed by atoms with Gasteiger partial charge in [-0.15, -0.1) is 0 Å². The third-order valence-corrected chi connectivity index (χ3v) is 4.72. The quantitative estimate of drug-likeness (QED) is 0.840. The summed E-state index contributed by atoms with van der Waals surface area (Å²) in [4.78, 5) is 12.1. The van der Waals surface area contributed by atoms with Crippen LogP contribution in [-0.2, 0) is 14.6 Å². The minimum absolute atomic E-state index is 0.150. The van der Waals surface area contributed by atoms with Gasteiger partial charge in [0.1, 0.15) is 5.75 Å². The second-order valence-electron chi connectivity index (χ2n) is 5.07. The molecule has 0 aliphatic carbocycles. The number of carbonyl (C=O) groups is 1. The molecular formula is C16H16BrNO4S. The zero-order valence-corrected chi connectivity index (χ0v) is 15.1. The molecule has 0 radical (unpaired) electrons. The van der Waals surface area contributed by atoms with E-state index in [9.17, 15) is 13.2 Å². The molecule has 1 amide bonds. The highest BCUT2D eigenvalue weighted by molar-refractivity contribution is 9.10. The second kappa shape index (κ2) is 7.14. The van der Waals surface area contributed by atoms with Crippen molar-refractivity contribution in [2.24, 2.45) is 0 Å². The number of nitrogens with one attached hydrogen (secondary N) is 1. The van der Waals surface area contributed by atoms with Gasteiger partial charge in [-0.3, -0.25) is 4.79 Å². The van der Waals surface area contributed by atoms with E-state index in [0.717, 1.165) is 16.3 Å². The summed E-state index contributed by atoms with van der Waals surface area (Å²) >= 11 is 3.37. The lowest BCUT2D eigenvalue weighted by Crippen LogP contribution is -2.20. The van der Waals surface area contributed by atoms with Gasteiger partial charge in [0.25, 0.3) is 5.91 Å². The fraction of sp³-hybridized carbons (Fsp3) is 0.188. The van der Waals surface area contributed by atoms with E-state index in [4.69, 9.17) is 4.74 Å². The molecule has 0 unspecified atom stereocenters. The zero-order valence-electron chi connectivity index (χ0n) is 12.7. The number of halogens is 1. The molecule has 0 aromatic heterocycles. The number of amides is 1. The van der Waals surface area contributed by atoms with E-state index in [1.165, 1.54) is 12.1 Å². The van der Waals surface area contributed by atoms with Crippen molar-refractivity contribution in [3.63, 3.8) is 0 Å². The van der Waals surface area contributed by atoms with Crippen molar-refractivity contribution in [2.45, 2.75) is 11.8 Å². The van der Waals surface area contributed by atoms with Crippen molar-refractivity contribution in [1.29, 1.82) is 0 Å². The highest BCUT2D eigenvalue weighted by Crippen LogP contribution is 2.25. The van der Waals surface area contributed by atoms with Gasteiger partial charge in [-0.1, -0.05) is 12.1 Å². The van der Waals surface area contributed by atoms with Crippen LogP contribution >= 0.6 is 15.9 Å². The summed E-state index contributed by atoms with van der Waals surface area (Å²) in [6.07, 6.45) is 1.12. The first kappa shape index (κ1) is 17.5. The molecular weight excluding hydrogens is 382 g/mol. The van der Waals surface area contributed by atoms with Gasteiger partial charge in [-0.05, 0) is 58.7 Å². The number of hydrogen-bond donors (Lipinski definition) is 1. The first-order valence-electron chi connectivity index (χ1n) is 6.74. The second-order valence-corrected chi connectivity index (χ2v) is 7.94. The van der Waals surface area contributed by atoms with Gasteiger partial charge in [0.15, 0.2) is 16.4 Å². The highest BCUT2D eigenvalue weighted by Gasteiger charge is 2.10. The zero-order chi connectivity index (χ0) is 17.0. The molecule has 0 saturated heterocycles. The Bertz CT molecular complexity index is 834. The molecule has 0 heterocycles. The Morgan fingerprint density at radius 3 is 2.61 bits per heavy atom. The van der Waals surface area contributed by atoms with Crippen molar-refractivity contribution in [2.75, 3.05) is 18.2 Å². The number of ether oxygens (including phenoxy) is 1. The molecule has 0 atom stereocenters. The molecule has 2 rings (SSSR count). The Morgan fingerprint density at radius 1 is 1.22 bits per heavy atom. The molecule has 5 nitrogen and oxygen atoms in total. The average Bonchev–Trinajstić information content (AvgIpc) is 2.45. The van der Waals surface area contributed by atoms with Crippen LogP contribution < -0.4 is 10.1 Å². The van der Waals surface area contributed by atoms with Crippen LogP contribution in [0.4, 0.5) is 5.69 Å². The lowest BCUT2D eigenvalue weighted by atomic mass is 10.2. The van der Waals surface area contributed by atoms with Crippen molar-refractivity contribution in [3.8, 4) is 5.75 Å². The molecule has 2 aromatic carbocycles. The van der Waals surface area contributed by atoms with E-state index < -0.39 is 9.84 Å². The van der Waals surface area contributed by atoms with Crippen LogP contribution in [0.2, 0.25) is 0 Å². The van der Waals surface area contributed by atoms with E-state index in [2.05, 4.69) is 21.2 Å². The fourth-order valence-corrected chi connectivity index (χ4v) is 3.14. The van der Waals surface area contributed by atoms with Crippen LogP contribution in [0, 0.1) is 6.92 Å². The molecule has 0 bridgehead atoms. The predicted octanol–water partition coefficient (Wildman–Crippen LogP) is 3.18. The Labute approximate surface area is 143 Å². The normalized spacial score (nSPS) is 11.1. The summed E-state index contributed by atoms with van der Waals surface area (Å²) in [5, 5.41) is 2.61. The van der Waals surface area contributed by atoms with Crippen LogP contribution in [0.15, 0.2) is 51.8 Å². The van der Waals surface area contributed by atoms with Gasteiger partial charge >= 0.3 is 0 Å². The lowest BCUT2D eigenvalue weighted by molar-refractivity contribution is -0.118. The maximum Gasteiger partial charge on any atom is 0.262 e. The van der Waals surface area contributed by atoms with E-state index in [-0.39, 0.29) is 17.4 Å². The maximum atomic E-state index is 11.9. The average molecular weight is 398 g/mol. The molecule has 2 aromatic rings. The van der Waals surface area contributed by atoms with Gasteiger partial charge in [0.2, 0.25) is 0 Å². The third kappa shape index (κ3) is 5.07. The number of hydrogen-bond acceptors (Lipinski definition) is 4. The minimum atomic E-state index is -3.31. The number of benzene rings is 2. The largest absolute Gasteiger partial charge is 0.483 e. The van der Waals surface area contributed by atoms with Crippen LogP contribution in [-0.4, -0.2) is 27.2 Å². The third-order valence-electron chi connectivity index (χ3n) is 2.99. The summed E-state index contributed by atoms with van der Waals surface area (Å²) in [6.45, 7) is 1.78. The first-order valence-corrected chi connectivity index (χ1v) is 9.43. The topological polar surface area (TPSA) is 72.5 Å². The van der Waals surface area contributed by atoms with Crippen molar-refractivity contribution >= 4 is 37.4 Å². The first-order chi connectivity index (χ1) is 10.8. The number of rotatable bonds is 5. The van der Waals surface area contributed by atoms with Gasteiger partial charge in [-0.25, -0.2) is 8.42 Å². The molecule has 7 heteroatoms. The molecule has 1 N–H and O–H groups in total. The SMILES string of the molecule is Cc1ccc(OCC(=O)Nc2cccc(S(C)(=O)=O)c2)c(Br)c1. The summed E-state index contributed by atoms with van der Waals surface area (Å²) in [5.41, 5.74) is 1.48. The molecule has 0 aliphatic heterocycles. The van der Waals surface area contributed by atoms with E-state index >= 15 is 0 Å². The van der Waals surface area contributed by atoms with Crippen molar-refractivity contribution < 1.29 is 17.9 Å². The highest BCUT2D eigenvalue weighted by atomic mass is 79.9. The van der Waals surface area contributed by atoms with E-state index in [1.807, 2.05) is 19.1 Å². The van der Waals surface area contributed by atoms with Crippen LogP contribution in [0.5, 0.6) is 5.75 Å². The smallest absolute Gasteiger partial charge is 0.262 e. The maximum absolute atomic E-state index is 11.9. The Balaban J connectivity index is 2.00. The van der Waals surface area contributed by atoms with E-state index in [0.29, 0.717) is 11.4 Å². The fourth-order valence-electron chi connectivity index (χ4n) is 1.87. The number of aryl methyl sites for hydroxylation is 1. The van der Waals surface area contributed by atoms with Crippen molar-refractivity contribution in [1.82, 2.24) is 0 Å². The Hall–Kier alpha value is -1.86. The molecule has 0 spiro atoms. The number of sulfone groups is 1. The molecule has 0 aliphatic rings. The summed E-state index contributed by atoms with van der Waals surface area (Å²) in [7, 11) is -3.31. The molecule has 122 valence electrons. The standard InChI is InChI=1S/C16H16BrNO4S/c1-11-6-7-15(14(17)8-11)22-10-16(19)18-12-4-3-5-13(9-12)23(2,20)21/h3-9H,10H2,1-2H3,(H,18,19). The molecule has 0 fully saturated rings. The minimum Gasteiger partial charge on any atom is -0.483 e. The van der Waals surface area contributed by atoms with Crippen LogP contribution in [0.25, 0.3) is 0 Å². The van der Waals surface area contributed by atoms with Gasteiger partial charge < -0.3 is 10.1 Å². The van der Waals surface area contributed by atoms with Crippen LogP contribution in [0.1, 0.15) is 5.56 Å². The molecule has 0 saturated carbocycles. The van der Waals surface area contributed by atoms with Crippen molar-refractivity contribution in [3.05, 3.63) is 52.5 Å². The Kier molecular flexibility index (Phi) is 5.43. The summed E-state index contributed by atoms with van der Waals surface area (Å²) < 4.78 is 29.2. The number of anilines is 1. The predicted molar refractivity (Wildman–Crippen MR) is 92.6 cm³/mol. The van der Waals surface area contributed by atoms with Crippen LogP contribution in [0.3, 0.4) is 0 Å². The van der Waals surface area contributed by atoms with Gasteiger partial charge in [0, 0.05) is 11.9 Å². The van der Waals surface area contributed by atoms with Gasteiger partial charge in [0.05, 0.1) is 9.37 Å². The Morgan fingerprint density at radius 2 is 1.96 bits per heavy atom. The molecule has 23 heavy (non-hydrogen) atoms. The summed E-state index contributed by atoms with van der Waals surface area (Å²) in [6, 6.07) is 11.6. The van der Waals surface area contributed by atoms with Gasteiger partial charge in [-0.2, -0.15) is 0 Å².